The molecule has 2 rings (SSSR count). The maximum Gasteiger partial charge on any atom is 0.0430 e. The molecule has 0 radical (unpaired) electrons. The Morgan fingerprint density at radius 2 is 2.23 bits per heavy atom. The van der Waals surface area contributed by atoms with Gasteiger partial charge in [-0.1, -0.05) is 6.07 Å². The van der Waals surface area contributed by atoms with E-state index in [0.717, 1.165) is 6.42 Å². The van der Waals surface area contributed by atoms with Gasteiger partial charge in [-0.25, -0.2) is 0 Å². The zero-order valence-electron chi connectivity index (χ0n) is 7.14. The van der Waals surface area contributed by atoms with E-state index in [1.54, 1.807) is 22.7 Å². The summed E-state index contributed by atoms with van der Waals surface area (Å²) in [4.78, 5) is 1.27. The largest absolute Gasteiger partial charge is 0.323 e. The Morgan fingerprint density at radius 3 is 2.85 bits per heavy atom. The van der Waals surface area contributed by atoms with Crippen LogP contribution in [0.5, 0.6) is 0 Å². The summed E-state index contributed by atoms with van der Waals surface area (Å²) in [5, 5.41) is 6.33. The predicted octanol–water partition coefficient (Wildman–Crippen LogP) is 3.05. The maximum atomic E-state index is 6.05. The molecule has 2 heterocycles. The van der Waals surface area contributed by atoms with Crippen molar-refractivity contribution in [2.75, 3.05) is 0 Å². The van der Waals surface area contributed by atoms with Crippen molar-refractivity contribution in [3.63, 3.8) is 0 Å². The van der Waals surface area contributed by atoms with Gasteiger partial charge in [0.2, 0.25) is 0 Å². The van der Waals surface area contributed by atoms with Gasteiger partial charge in [-0.3, -0.25) is 0 Å². The number of hydrogen-bond donors (Lipinski definition) is 1. The molecular weight excluding hydrogens is 198 g/mol. The third kappa shape index (κ3) is 2.18. The first-order valence-corrected chi connectivity index (χ1v) is 5.98. The molecular formula is C10H11NS2. The van der Waals surface area contributed by atoms with Crippen LogP contribution in [0.1, 0.15) is 16.5 Å². The van der Waals surface area contributed by atoms with Crippen molar-refractivity contribution in [2.45, 2.75) is 12.5 Å². The molecule has 0 aromatic carbocycles. The van der Waals surface area contributed by atoms with Crippen LogP contribution in [0.3, 0.4) is 0 Å². The molecule has 0 fully saturated rings. The minimum absolute atomic E-state index is 0.162. The van der Waals surface area contributed by atoms with Crippen molar-refractivity contribution in [1.29, 1.82) is 0 Å². The molecule has 2 aromatic rings. The average molecular weight is 209 g/mol. The van der Waals surface area contributed by atoms with Crippen LogP contribution in [-0.2, 0) is 6.42 Å². The first-order chi connectivity index (χ1) is 6.36. The van der Waals surface area contributed by atoms with E-state index < -0.39 is 0 Å². The molecule has 1 unspecified atom stereocenters. The SMILES string of the molecule is NC(Cc1ccsc1)c1cccs1. The van der Waals surface area contributed by atoms with Crippen molar-refractivity contribution < 1.29 is 0 Å². The van der Waals surface area contributed by atoms with Crippen LogP contribution in [0.15, 0.2) is 34.3 Å². The topological polar surface area (TPSA) is 26.0 Å². The van der Waals surface area contributed by atoms with Gasteiger partial charge in [-0.2, -0.15) is 11.3 Å². The van der Waals surface area contributed by atoms with Crippen LogP contribution in [0.4, 0.5) is 0 Å². The Bertz CT molecular complexity index is 337. The van der Waals surface area contributed by atoms with Crippen LogP contribution >= 0.6 is 22.7 Å². The first-order valence-electron chi connectivity index (χ1n) is 4.16. The molecule has 3 heteroatoms. The molecule has 2 aromatic heterocycles. The molecule has 1 atom stereocenters. The smallest absolute Gasteiger partial charge is 0.0430 e. The van der Waals surface area contributed by atoms with Gasteiger partial charge in [0.25, 0.3) is 0 Å². The fourth-order valence-electron chi connectivity index (χ4n) is 1.27. The van der Waals surface area contributed by atoms with Gasteiger partial charge >= 0.3 is 0 Å². The van der Waals surface area contributed by atoms with Gasteiger partial charge in [-0.15, -0.1) is 11.3 Å². The summed E-state index contributed by atoms with van der Waals surface area (Å²) in [5.74, 6) is 0. The Morgan fingerprint density at radius 1 is 1.31 bits per heavy atom. The highest BCUT2D eigenvalue weighted by Gasteiger charge is 2.07. The molecule has 1 nitrogen and oxygen atoms in total. The molecule has 0 bridgehead atoms. The van der Waals surface area contributed by atoms with E-state index in [0.29, 0.717) is 0 Å². The standard InChI is InChI=1S/C10H11NS2/c11-9(10-2-1-4-13-10)6-8-3-5-12-7-8/h1-5,7,9H,6,11H2. The van der Waals surface area contributed by atoms with Gasteiger partial charge < -0.3 is 5.73 Å². The molecule has 13 heavy (non-hydrogen) atoms. The number of rotatable bonds is 3. The summed E-state index contributed by atoms with van der Waals surface area (Å²) in [6.45, 7) is 0. The summed E-state index contributed by atoms with van der Waals surface area (Å²) in [5.41, 5.74) is 7.38. The van der Waals surface area contributed by atoms with E-state index >= 15 is 0 Å². The highest BCUT2D eigenvalue weighted by Crippen LogP contribution is 2.21. The lowest BCUT2D eigenvalue weighted by Gasteiger charge is -2.07. The van der Waals surface area contributed by atoms with Crippen molar-refractivity contribution in [3.8, 4) is 0 Å². The highest BCUT2D eigenvalue weighted by molar-refractivity contribution is 7.10. The van der Waals surface area contributed by atoms with Gasteiger partial charge in [-0.05, 0) is 40.3 Å². The summed E-state index contributed by atoms with van der Waals surface area (Å²) in [6, 6.07) is 6.45. The predicted molar refractivity (Wildman–Crippen MR) is 59.3 cm³/mol. The minimum Gasteiger partial charge on any atom is -0.323 e. The van der Waals surface area contributed by atoms with Crippen molar-refractivity contribution >= 4 is 22.7 Å². The van der Waals surface area contributed by atoms with Gasteiger partial charge in [0, 0.05) is 10.9 Å². The number of thiophene rings is 2. The fourth-order valence-corrected chi connectivity index (χ4v) is 2.68. The van der Waals surface area contributed by atoms with Crippen LogP contribution in [0.25, 0.3) is 0 Å². The highest BCUT2D eigenvalue weighted by atomic mass is 32.1. The lowest BCUT2D eigenvalue weighted by Crippen LogP contribution is -2.11. The van der Waals surface area contributed by atoms with E-state index in [2.05, 4.69) is 28.3 Å². The van der Waals surface area contributed by atoms with E-state index in [1.807, 2.05) is 6.07 Å². The lowest BCUT2D eigenvalue weighted by molar-refractivity contribution is 0.738. The molecule has 0 aliphatic carbocycles. The number of hydrogen-bond acceptors (Lipinski definition) is 3. The quantitative estimate of drug-likeness (QED) is 0.826. The first kappa shape index (κ1) is 8.94. The molecule has 0 amide bonds. The molecule has 0 aliphatic rings. The van der Waals surface area contributed by atoms with E-state index in [9.17, 15) is 0 Å². The average Bonchev–Trinajstić information content (AvgIpc) is 2.74. The summed E-state index contributed by atoms with van der Waals surface area (Å²) in [7, 11) is 0. The van der Waals surface area contributed by atoms with Crippen molar-refractivity contribution in [3.05, 3.63) is 44.8 Å². The van der Waals surface area contributed by atoms with Crippen LogP contribution in [-0.4, -0.2) is 0 Å². The monoisotopic (exact) mass is 209 g/mol. The summed E-state index contributed by atoms with van der Waals surface area (Å²) >= 11 is 3.46. The fraction of sp³-hybridized carbons (Fsp3) is 0.200. The number of nitrogens with two attached hydrogens (primary N) is 1. The Balaban J connectivity index is 2.04. The second-order valence-electron chi connectivity index (χ2n) is 2.96. The Hall–Kier alpha value is -0.640. The van der Waals surface area contributed by atoms with Crippen LogP contribution in [0.2, 0.25) is 0 Å². The molecule has 68 valence electrons. The normalized spacial score (nSPS) is 13.0. The third-order valence-corrected chi connectivity index (χ3v) is 3.68. The molecule has 0 spiro atoms. The maximum absolute atomic E-state index is 6.05. The van der Waals surface area contributed by atoms with E-state index in [4.69, 9.17) is 5.73 Å². The van der Waals surface area contributed by atoms with Gasteiger partial charge in [0.05, 0.1) is 0 Å². The van der Waals surface area contributed by atoms with Crippen molar-refractivity contribution in [1.82, 2.24) is 0 Å². The van der Waals surface area contributed by atoms with Crippen LogP contribution < -0.4 is 5.73 Å². The second kappa shape index (κ2) is 4.05. The lowest BCUT2D eigenvalue weighted by atomic mass is 10.1. The Kier molecular flexibility index (Phi) is 2.78. The zero-order chi connectivity index (χ0) is 9.10. The summed E-state index contributed by atoms with van der Waals surface area (Å²) < 4.78 is 0. The van der Waals surface area contributed by atoms with E-state index in [1.165, 1.54) is 10.4 Å². The van der Waals surface area contributed by atoms with E-state index in [-0.39, 0.29) is 6.04 Å². The molecule has 2 N–H and O–H groups in total. The van der Waals surface area contributed by atoms with Crippen LogP contribution in [0, 0.1) is 0 Å². The van der Waals surface area contributed by atoms with Crippen molar-refractivity contribution in [2.24, 2.45) is 5.73 Å². The zero-order valence-corrected chi connectivity index (χ0v) is 8.78. The van der Waals surface area contributed by atoms with Gasteiger partial charge in [0.15, 0.2) is 0 Å². The molecule has 0 saturated heterocycles. The third-order valence-electron chi connectivity index (χ3n) is 1.94. The summed E-state index contributed by atoms with van der Waals surface area (Å²) in [6.07, 6.45) is 0.948. The second-order valence-corrected chi connectivity index (χ2v) is 4.72. The minimum atomic E-state index is 0.162. The Labute approximate surface area is 85.8 Å². The molecule has 0 aliphatic heterocycles. The van der Waals surface area contributed by atoms with Gasteiger partial charge in [0.1, 0.15) is 0 Å². The molecule has 0 saturated carbocycles.